The number of hydrogen-bond acceptors (Lipinski definition) is 4. The predicted octanol–water partition coefficient (Wildman–Crippen LogP) is 1.81. The molecule has 86 valence electrons. The van der Waals surface area contributed by atoms with Crippen LogP contribution in [0.5, 0.6) is 0 Å². The van der Waals surface area contributed by atoms with Crippen LogP contribution in [0.15, 0.2) is 29.0 Å². The molecule has 0 saturated heterocycles. The SMILES string of the molecule is CN(C)C(CCO)c1ccc2ncoc2c1. The van der Waals surface area contributed by atoms with Crippen LogP contribution in [0.2, 0.25) is 0 Å². The number of nitrogens with zero attached hydrogens (tertiary/aromatic N) is 2. The second kappa shape index (κ2) is 4.63. The van der Waals surface area contributed by atoms with Gasteiger partial charge in [-0.15, -0.1) is 0 Å². The van der Waals surface area contributed by atoms with Gasteiger partial charge in [0.25, 0.3) is 0 Å². The molecule has 2 aromatic rings. The topological polar surface area (TPSA) is 49.5 Å². The second-order valence-electron chi connectivity index (χ2n) is 4.07. The minimum Gasteiger partial charge on any atom is -0.443 e. The number of benzene rings is 1. The maximum Gasteiger partial charge on any atom is 0.181 e. The molecule has 0 aliphatic carbocycles. The lowest BCUT2D eigenvalue weighted by Gasteiger charge is -2.23. The molecular weight excluding hydrogens is 204 g/mol. The van der Waals surface area contributed by atoms with E-state index in [1.54, 1.807) is 0 Å². The maximum atomic E-state index is 9.06. The van der Waals surface area contributed by atoms with Gasteiger partial charge in [-0.1, -0.05) is 6.07 Å². The molecule has 0 fully saturated rings. The summed E-state index contributed by atoms with van der Waals surface area (Å²) in [7, 11) is 4.01. The lowest BCUT2D eigenvalue weighted by molar-refractivity contribution is 0.211. The average molecular weight is 220 g/mol. The summed E-state index contributed by atoms with van der Waals surface area (Å²) < 4.78 is 5.27. The van der Waals surface area contributed by atoms with E-state index in [2.05, 4.69) is 9.88 Å². The number of oxazole rings is 1. The van der Waals surface area contributed by atoms with Crippen molar-refractivity contribution in [3.8, 4) is 0 Å². The van der Waals surface area contributed by atoms with Crippen molar-refractivity contribution in [3.05, 3.63) is 30.2 Å². The molecule has 4 nitrogen and oxygen atoms in total. The summed E-state index contributed by atoms with van der Waals surface area (Å²) >= 11 is 0. The van der Waals surface area contributed by atoms with E-state index in [9.17, 15) is 0 Å². The van der Waals surface area contributed by atoms with Crippen molar-refractivity contribution in [2.45, 2.75) is 12.5 Å². The van der Waals surface area contributed by atoms with Crippen LogP contribution in [0.4, 0.5) is 0 Å². The fourth-order valence-corrected chi connectivity index (χ4v) is 1.92. The van der Waals surface area contributed by atoms with Crippen LogP contribution >= 0.6 is 0 Å². The van der Waals surface area contributed by atoms with Crippen LogP contribution in [0.3, 0.4) is 0 Å². The van der Waals surface area contributed by atoms with Gasteiger partial charge < -0.3 is 14.4 Å². The summed E-state index contributed by atoms with van der Waals surface area (Å²) in [6, 6.07) is 6.18. The number of aliphatic hydroxyl groups is 1. The first-order chi connectivity index (χ1) is 7.72. The molecule has 0 aliphatic rings. The third-order valence-electron chi connectivity index (χ3n) is 2.77. The zero-order valence-corrected chi connectivity index (χ0v) is 9.55. The summed E-state index contributed by atoms with van der Waals surface area (Å²) in [4.78, 5) is 6.17. The molecule has 0 amide bonds. The molecule has 4 heteroatoms. The van der Waals surface area contributed by atoms with E-state index in [1.807, 2.05) is 32.3 Å². The molecule has 1 atom stereocenters. The Morgan fingerprint density at radius 3 is 2.94 bits per heavy atom. The van der Waals surface area contributed by atoms with Crippen LogP contribution in [0.1, 0.15) is 18.0 Å². The Balaban J connectivity index is 2.35. The summed E-state index contributed by atoms with van der Waals surface area (Å²) in [6.07, 6.45) is 2.16. The Morgan fingerprint density at radius 2 is 2.25 bits per heavy atom. The van der Waals surface area contributed by atoms with Gasteiger partial charge in [0.15, 0.2) is 12.0 Å². The van der Waals surface area contributed by atoms with Gasteiger partial charge in [-0.05, 0) is 38.2 Å². The standard InChI is InChI=1S/C12H16N2O2/c1-14(2)11(5-6-15)9-3-4-10-12(7-9)16-8-13-10/h3-4,7-8,11,15H,5-6H2,1-2H3. The van der Waals surface area contributed by atoms with Gasteiger partial charge in [0.05, 0.1) is 0 Å². The number of aliphatic hydroxyl groups excluding tert-OH is 1. The Labute approximate surface area is 94.5 Å². The lowest BCUT2D eigenvalue weighted by atomic mass is 10.0. The highest BCUT2D eigenvalue weighted by Gasteiger charge is 2.14. The van der Waals surface area contributed by atoms with Gasteiger partial charge in [0.1, 0.15) is 5.52 Å². The zero-order valence-electron chi connectivity index (χ0n) is 9.55. The van der Waals surface area contributed by atoms with E-state index in [0.717, 1.165) is 16.7 Å². The normalized spacial score (nSPS) is 13.5. The highest BCUT2D eigenvalue weighted by molar-refractivity contribution is 5.72. The molecule has 1 aromatic carbocycles. The molecule has 0 bridgehead atoms. The molecular formula is C12H16N2O2. The van der Waals surface area contributed by atoms with Crippen molar-refractivity contribution >= 4 is 11.1 Å². The molecule has 0 spiro atoms. The molecule has 1 heterocycles. The number of aromatic nitrogens is 1. The summed E-state index contributed by atoms with van der Waals surface area (Å²) in [5, 5.41) is 9.06. The molecule has 2 rings (SSSR count). The van der Waals surface area contributed by atoms with Gasteiger partial charge in [0.2, 0.25) is 0 Å². The first-order valence-corrected chi connectivity index (χ1v) is 5.33. The predicted molar refractivity (Wildman–Crippen MR) is 62.1 cm³/mol. The fraction of sp³-hybridized carbons (Fsp3) is 0.417. The highest BCUT2D eigenvalue weighted by Crippen LogP contribution is 2.24. The van der Waals surface area contributed by atoms with E-state index in [4.69, 9.17) is 9.52 Å². The van der Waals surface area contributed by atoms with Crippen molar-refractivity contribution in [1.29, 1.82) is 0 Å². The molecule has 1 N–H and O–H groups in total. The lowest BCUT2D eigenvalue weighted by Crippen LogP contribution is -2.20. The van der Waals surface area contributed by atoms with Gasteiger partial charge in [-0.3, -0.25) is 0 Å². The van der Waals surface area contributed by atoms with Crippen LogP contribution < -0.4 is 0 Å². The summed E-state index contributed by atoms with van der Waals surface area (Å²) in [5.41, 5.74) is 2.80. The minimum atomic E-state index is 0.178. The van der Waals surface area contributed by atoms with Crippen LogP contribution in [0, 0.1) is 0 Å². The van der Waals surface area contributed by atoms with Gasteiger partial charge in [-0.2, -0.15) is 0 Å². The zero-order chi connectivity index (χ0) is 11.5. The molecule has 16 heavy (non-hydrogen) atoms. The van der Waals surface area contributed by atoms with E-state index in [-0.39, 0.29) is 12.6 Å². The Hall–Kier alpha value is -1.39. The largest absolute Gasteiger partial charge is 0.443 e. The highest BCUT2D eigenvalue weighted by atomic mass is 16.3. The Morgan fingerprint density at radius 1 is 1.44 bits per heavy atom. The minimum absolute atomic E-state index is 0.178. The van der Waals surface area contributed by atoms with Crippen molar-refractivity contribution in [3.63, 3.8) is 0 Å². The van der Waals surface area contributed by atoms with Crippen LogP contribution in [-0.2, 0) is 0 Å². The van der Waals surface area contributed by atoms with Crippen molar-refractivity contribution in [1.82, 2.24) is 9.88 Å². The van der Waals surface area contributed by atoms with Crippen LogP contribution in [0.25, 0.3) is 11.1 Å². The molecule has 1 unspecified atom stereocenters. The first kappa shape index (κ1) is 11.1. The Kier molecular flexibility index (Phi) is 3.22. The fourth-order valence-electron chi connectivity index (χ4n) is 1.92. The second-order valence-corrected chi connectivity index (χ2v) is 4.07. The van der Waals surface area contributed by atoms with E-state index >= 15 is 0 Å². The van der Waals surface area contributed by atoms with Gasteiger partial charge in [0, 0.05) is 12.6 Å². The monoisotopic (exact) mass is 220 g/mol. The molecule has 0 aliphatic heterocycles. The molecule has 0 saturated carbocycles. The van der Waals surface area contributed by atoms with Crippen molar-refractivity contribution in [2.24, 2.45) is 0 Å². The maximum absolute atomic E-state index is 9.06. The first-order valence-electron chi connectivity index (χ1n) is 5.33. The van der Waals surface area contributed by atoms with Crippen molar-refractivity contribution < 1.29 is 9.52 Å². The molecule has 0 radical (unpaired) electrons. The van der Waals surface area contributed by atoms with E-state index < -0.39 is 0 Å². The quantitative estimate of drug-likeness (QED) is 0.853. The average Bonchev–Trinajstić information content (AvgIpc) is 2.72. The third-order valence-corrected chi connectivity index (χ3v) is 2.77. The number of fused-ring (bicyclic) bond motifs is 1. The molecule has 1 aromatic heterocycles. The summed E-state index contributed by atoms with van der Waals surface area (Å²) in [6.45, 7) is 0.178. The van der Waals surface area contributed by atoms with Crippen LogP contribution in [-0.4, -0.2) is 35.7 Å². The van der Waals surface area contributed by atoms with Gasteiger partial charge >= 0.3 is 0 Å². The number of rotatable bonds is 4. The smallest absolute Gasteiger partial charge is 0.181 e. The number of hydrogen-bond donors (Lipinski definition) is 1. The van der Waals surface area contributed by atoms with Crippen molar-refractivity contribution in [2.75, 3.05) is 20.7 Å². The van der Waals surface area contributed by atoms with E-state index in [0.29, 0.717) is 6.42 Å². The third kappa shape index (κ3) is 2.08. The van der Waals surface area contributed by atoms with E-state index in [1.165, 1.54) is 6.39 Å². The Bertz CT molecular complexity index is 465. The van der Waals surface area contributed by atoms with Gasteiger partial charge in [-0.25, -0.2) is 4.98 Å². The summed E-state index contributed by atoms with van der Waals surface area (Å²) in [5.74, 6) is 0.